The average Bonchev–Trinajstić information content (AvgIpc) is 2.67. The first kappa shape index (κ1) is 11.5. The molecule has 0 saturated carbocycles. The van der Waals surface area contributed by atoms with E-state index < -0.39 is 0 Å². The van der Waals surface area contributed by atoms with E-state index in [2.05, 4.69) is 34.2 Å². The average molecular weight is 224 g/mol. The van der Waals surface area contributed by atoms with Crippen molar-refractivity contribution >= 4 is 0 Å². The largest absolute Gasteiger partial charge is 0.343 e. The Hall–Kier alpha value is -0.940. The maximum Gasteiger partial charge on any atom is 0.213 e. The molecule has 0 amide bonds. The van der Waals surface area contributed by atoms with Gasteiger partial charge in [-0.1, -0.05) is 5.16 Å². The van der Waals surface area contributed by atoms with Gasteiger partial charge in [-0.25, -0.2) is 0 Å². The molecule has 5 nitrogen and oxygen atoms in total. The molecule has 2 rings (SSSR count). The molecule has 90 valence electrons. The second-order valence-corrected chi connectivity index (χ2v) is 5.04. The Morgan fingerprint density at radius 2 is 2.44 bits per heavy atom. The van der Waals surface area contributed by atoms with Crippen molar-refractivity contribution in [2.45, 2.75) is 32.2 Å². The maximum absolute atomic E-state index is 4.73. The molecule has 0 unspecified atom stereocenters. The second-order valence-electron chi connectivity index (χ2n) is 5.04. The summed E-state index contributed by atoms with van der Waals surface area (Å²) >= 11 is 0. The Balaban J connectivity index is 1.84. The number of hydrogen-bond donors (Lipinski definition) is 1. The van der Waals surface area contributed by atoms with Crippen LogP contribution in [-0.4, -0.2) is 46.8 Å². The van der Waals surface area contributed by atoms with Gasteiger partial charge in [0.25, 0.3) is 0 Å². The summed E-state index contributed by atoms with van der Waals surface area (Å²) in [7, 11) is 0. The smallest absolute Gasteiger partial charge is 0.213 e. The van der Waals surface area contributed by atoms with E-state index in [1.807, 2.05) is 0 Å². The predicted molar refractivity (Wildman–Crippen MR) is 61.1 cm³/mol. The highest BCUT2D eigenvalue weighted by Crippen LogP contribution is 2.10. The highest BCUT2D eigenvalue weighted by molar-refractivity contribution is 4.87. The van der Waals surface area contributed by atoms with E-state index in [1.54, 1.807) is 0 Å². The molecule has 5 heteroatoms. The summed E-state index contributed by atoms with van der Waals surface area (Å²) in [5.41, 5.74) is 0.202. The molecule has 1 aromatic rings. The first-order valence-electron chi connectivity index (χ1n) is 5.88. The quantitative estimate of drug-likeness (QED) is 0.818. The van der Waals surface area contributed by atoms with Crippen LogP contribution in [0, 0.1) is 0 Å². The minimum absolute atomic E-state index is 0.202. The third-order valence-corrected chi connectivity index (χ3v) is 2.93. The van der Waals surface area contributed by atoms with Crippen LogP contribution in [0.25, 0.3) is 0 Å². The molecule has 1 N–H and O–H groups in total. The summed E-state index contributed by atoms with van der Waals surface area (Å²) in [6.45, 7) is 8.83. The number of aromatic nitrogens is 2. The fraction of sp³-hybridized carbons (Fsp3) is 0.818. The molecular weight excluding hydrogens is 204 g/mol. The number of nitrogens with one attached hydrogen (secondary N) is 1. The Kier molecular flexibility index (Phi) is 3.56. The van der Waals surface area contributed by atoms with Crippen molar-refractivity contribution in [3.63, 3.8) is 0 Å². The van der Waals surface area contributed by atoms with Crippen LogP contribution in [0.3, 0.4) is 0 Å². The van der Waals surface area contributed by atoms with Gasteiger partial charge in [-0.15, -0.1) is 0 Å². The molecule has 1 saturated heterocycles. The standard InChI is InChI=1S/C11H20N4O/c1-11(2)8-15(6-3-5-13-11)7-4-10-12-9-16-14-10/h9,13H,3-8H2,1-2H3. The van der Waals surface area contributed by atoms with Crippen LogP contribution in [0.1, 0.15) is 26.1 Å². The molecule has 0 atom stereocenters. The summed E-state index contributed by atoms with van der Waals surface area (Å²) in [5, 5.41) is 7.38. The summed E-state index contributed by atoms with van der Waals surface area (Å²) in [6.07, 6.45) is 3.46. The SMILES string of the molecule is CC1(C)CN(CCc2ncon2)CCCN1. The minimum atomic E-state index is 0.202. The first-order chi connectivity index (χ1) is 7.66. The van der Waals surface area contributed by atoms with Crippen LogP contribution >= 0.6 is 0 Å². The van der Waals surface area contributed by atoms with Gasteiger partial charge in [-0.3, -0.25) is 0 Å². The number of nitrogens with zero attached hydrogens (tertiary/aromatic N) is 3. The van der Waals surface area contributed by atoms with E-state index in [0.29, 0.717) is 0 Å². The van der Waals surface area contributed by atoms with Gasteiger partial charge in [-0.05, 0) is 33.4 Å². The fourth-order valence-corrected chi connectivity index (χ4v) is 2.17. The summed E-state index contributed by atoms with van der Waals surface area (Å²) in [6, 6.07) is 0. The highest BCUT2D eigenvalue weighted by Gasteiger charge is 2.23. The Labute approximate surface area is 96.2 Å². The maximum atomic E-state index is 4.73. The van der Waals surface area contributed by atoms with Crippen LogP contribution in [0.2, 0.25) is 0 Å². The van der Waals surface area contributed by atoms with Crippen molar-refractivity contribution in [3.05, 3.63) is 12.2 Å². The third kappa shape index (κ3) is 3.28. The zero-order valence-electron chi connectivity index (χ0n) is 10.1. The zero-order valence-corrected chi connectivity index (χ0v) is 10.1. The molecule has 1 aliphatic rings. The topological polar surface area (TPSA) is 54.2 Å². The van der Waals surface area contributed by atoms with Gasteiger partial charge >= 0.3 is 0 Å². The molecule has 0 spiro atoms. The molecule has 0 aromatic carbocycles. The first-order valence-corrected chi connectivity index (χ1v) is 5.88. The predicted octanol–water partition coefficient (Wildman–Crippen LogP) is 0.686. The summed E-state index contributed by atoms with van der Waals surface area (Å²) in [4.78, 5) is 6.51. The molecular formula is C11H20N4O. The third-order valence-electron chi connectivity index (χ3n) is 2.93. The lowest BCUT2D eigenvalue weighted by Gasteiger charge is -2.29. The van der Waals surface area contributed by atoms with Crippen molar-refractivity contribution in [1.29, 1.82) is 0 Å². The number of rotatable bonds is 3. The Morgan fingerprint density at radius 3 is 3.19 bits per heavy atom. The van der Waals surface area contributed by atoms with Crippen molar-refractivity contribution in [2.24, 2.45) is 0 Å². The van der Waals surface area contributed by atoms with Gasteiger partial charge < -0.3 is 14.7 Å². The Morgan fingerprint density at radius 1 is 1.56 bits per heavy atom. The summed E-state index contributed by atoms with van der Waals surface area (Å²) < 4.78 is 4.73. The van der Waals surface area contributed by atoms with Crippen LogP contribution in [0.5, 0.6) is 0 Å². The van der Waals surface area contributed by atoms with Crippen LogP contribution in [0.15, 0.2) is 10.9 Å². The van der Waals surface area contributed by atoms with Gasteiger partial charge in [0.2, 0.25) is 6.39 Å². The van der Waals surface area contributed by atoms with Crippen molar-refractivity contribution in [1.82, 2.24) is 20.4 Å². The second kappa shape index (κ2) is 4.93. The molecule has 1 aliphatic heterocycles. The van der Waals surface area contributed by atoms with E-state index >= 15 is 0 Å². The monoisotopic (exact) mass is 224 g/mol. The van der Waals surface area contributed by atoms with Gasteiger partial charge in [0.15, 0.2) is 5.82 Å². The molecule has 1 fully saturated rings. The normalized spacial score (nSPS) is 21.9. The number of hydrogen-bond acceptors (Lipinski definition) is 5. The van der Waals surface area contributed by atoms with E-state index in [0.717, 1.165) is 38.4 Å². The van der Waals surface area contributed by atoms with E-state index in [4.69, 9.17) is 4.52 Å². The summed E-state index contributed by atoms with van der Waals surface area (Å²) in [5.74, 6) is 0.801. The highest BCUT2D eigenvalue weighted by atomic mass is 16.5. The zero-order chi connectivity index (χ0) is 11.4. The Bertz CT molecular complexity index is 310. The van der Waals surface area contributed by atoms with E-state index in [1.165, 1.54) is 12.8 Å². The van der Waals surface area contributed by atoms with Gasteiger partial charge in [0, 0.05) is 25.0 Å². The van der Waals surface area contributed by atoms with Crippen molar-refractivity contribution < 1.29 is 4.52 Å². The molecule has 1 aromatic heterocycles. The minimum Gasteiger partial charge on any atom is -0.343 e. The molecule has 2 heterocycles. The van der Waals surface area contributed by atoms with Crippen molar-refractivity contribution in [3.8, 4) is 0 Å². The van der Waals surface area contributed by atoms with Gasteiger partial charge in [-0.2, -0.15) is 4.98 Å². The van der Waals surface area contributed by atoms with Gasteiger partial charge in [0.05, 0.1) is 0 Å². The van der Waals surface area contributed by atoms with Gasteiger partial charge in [0.1, 0.15) is 0 Å². The van der Waals surface area contributed by atoms with E-state index in [9.17, 15) is 0 Å². The fourth-order valence-electron chi connectivity index (χ4n) is 2.17. The van der Waals surface area contributed by atoms with Crippen LogP contribution in [-0.2, 0) is 6.42 Å². The lowest BCUT2D eigenvalue weighted by atomic mass is 10.1. The van der Waals surface area contributed by atoms with Crippen LogP contribution < -0.4 is 5.32 Å². The molecule has 0 aliphatic carbocycles. The van der Waals surface area contributed by atoms with Crippen LogP contribution in [0.4, 0.5) is 0 Å². The molecule has 0 bridgehead atoms. The van der Waals surface area contributed by atoms with Crippen molar-refractivity contribution in [2.75, 3.05) is 26.2 Å². The van der Waals surface area contributed by atoms with E-state index in [-0.39, 0.29) is 5.54 Å². The molecule has 16 heavy (non-hydrogen) atoms. The molecule has 0 radical (unpaired) electrons. The lowest BCUT2D eigenvalue weighted by Crippen LogP contribution is -2.46. The lowest BCUT2D eigenvalue weighted by molar-refractivity contribution is 0.231.